The van der Waals surface area contributed by atoms with E-state index in [1.165, 1.54) is 12.8 Å². The average molecular weight is 378 g/mol. The van der Waals surface area contributed by atoms with Gasteiger partial charge in [-0.05, 0) is 63.8 Å². The third-order valence-electron chi connectivity index (χ3n) is 6.19. The van der Waals surface area contributed by atoms with Crippen LogP contribution in [0.2, 0.25) is 0 Å². The Morgan fingerprint density at radius 3 is 2.74 bits per heavy atom. The van der Waals surface area contributed by atoms with Gasteiger partial charge in [-0.3, -0.25) is 9.69 Å². The van der Waals surface area contributed by atoms with Crippen molar-refractivity contribution < 1.29 is 13.9 Å². The summed E-state index contributed by atoms with van der Waals surface area (Å²) >= 11 is 0. The lowest BCUT2D eigenvalue weighted by Crippen LogP contribution is -2.46. The van der Waals surface area contributed by atoms with Crippen LogP contribution in [0.25, 0.3) is 0 Å². The number of furan rings is 1. The molecule has 0 bridgehead atoms. The van der Waals surface area contributed by atoms with Gasteiger partial charge in [-0.25, -0.2) is 0 Å². The fourth-order valence-electron chi connectivity index (χ4n) is 4.51. The Balaban J connectivity index is 1.59. The summed E-state index contributed by atoms with van der Waals surface area (Å²) in [7, 11) is 1.76. The number of ether oxygens (including phenoxy) is 1. The zero-order chi connectivity index (χ0) is 19.1. The van der Waals surface area contributed by atoms with Gasteiger partial charge in [-0.15, -0.1) is 0 Å². The first-order valence-electron chi connectivity index (χ1n) is 10.5. The molecule has 2 fully saturated rings. The Labute approximate surface area is 163 Å². The predicted molar refractivity (Wildman–Crippen MR) is 106 cm³/mol. The molecule has 1 aromatic heterocycles. The Morgan fingerprint density at radius 2 is 2.07 bits per heavy atom. The number of rotatable bonds is 9. The van der Waals surface area contributed by atoms with Crippen molar-refractivity contribution in [2.75, 3.05) is 59.5 Å². The van der Waals surface area contributed by atoms with Gasteiger partial charge in [-0.2, -0.15) is 0 Å². The molecule has 6 heteroatoms. The number of nitrogens with zero attached hydrogens (tertiary/aromatic N) is 3. The molecule has 2 saturated heterocycles. The zero-order valence-corrected chi connectivity index (χ0v) is 16.9. The molecule has 0 unspecified atom stereocenters. The van der Waals surface area contributed by atoms with Crippen LogP contribution in [0.1, 0.15) is 43.0 Å². The number of hydrogen-bond donors (Lipinski definition) is 0. The van der Waals surface area contributed by atoms with Crippen molar-refractivity contribution in [2.24, 2.45) is 5.92 Å². The summed E-state index contributed by atoms with van der Waals surface area (Å²) in [5, 5.41) is 0. The van der Waals surface area contributed by atoms with Crippen LogP contribution in [-0.4, -0.2) is 86.2 Å². The number of methoxy groups -OCH3 is 1. The number of carbonyl (C=O) groups is 1. The number of likely N-dealkylation sites (tertiary alicyclic amines) is 2. The molecule has 0 aromatic carbocycles. The SMILES string of the molecule is CCN1CCC[C@H]1CN(CC1CCN(CCOC)CC1)C(=O)c1ccoc1. The van der Waals surface area contributed by atoms with Gasteiger partial charge in [0.05, 0.1) is 18.4 Å². The first-order valence-corrected chi connectivity index (χ1v) is 10.5. The third-order valence-corrected chi connectivity index (χ3v) is 6.19. The molecule has 1 atom stereocenters. The van der Waals surface area contributed by atoms with E-state index in [0.717, 1.165) is 65.3 Å². The van der Waals surface area contributed by atoms with E-state index in [-0.39, 0.29) is 5.91 Å². The molecule has 1 amide bonds. The normalized spacial score (nSPS) is 22.4. The minimum absolute atomic E-state index is 0.119. The standard InChI is InChI=1S/C21H35N3O3/c1-3-23-9-4-5-20(23)16-24(21(25)19-8-13-27-17-19)15-18-6-10-22(11-7-18)12-14-26-2/h8,13,17-18,20H,3-7,9-12,14-16H2,1-2H3/t20-/m0/s1. The van der Waals surface area contributed by atoms with Crippen molar-refractivity contribution in [1.29, 1.82) is 0 Å². The number of amides is 1. The molecule has 1 aromatic rings. The van der Waals surface area contributed by atoms with Gasteiger partial charge in [0.25, 0.3) is 5.91 Å². The fourth-order valence-corrected chi connectivity index (χ4v) is 4.51. The summed E-state index contributed by atoms with van der Waals surface area (Å²) in [5.41, 5.74) is 0.675. The highest BCUT2D eigenvalue weighted by molar-refractivity contribution is 5.93. The van der Waals surface area contributed by atoms with Crippen molar-refractivity contribution in [3.05, 3.63) is 24.2 Å². The molecule has 3 heterocycles. The molecule has 27 heavy (non-hydrogen) atoms. The lowest BCUT2D eigenvalue weighted by molar-refractivity contribution is 0.0616. The second kappa shape index (κ2) is 10.2. The smallest absolute Gasteiger partial charge is 0.257 e. The van der Waals surface area contributed by atoms with E-state index < -0.39 is 0 Å². The van der Waals surface area contributed by atoms with Crippen LogP contribution >= 0.6 is 0 Å². The number of piperidine rings is 1. The quantitative estimate of drug-likeness (QED) is 0.662. The molecule has 152 valence electrons. The van der Waals surface area contributed by atoms with Crippen LogP contribution in [0.4, 0.5) is 0 Å². The van der Waals surface area contributed by atoms with Crippen molar-refractivity contribution in [1.82, 2.24) is 14.7 Å². The van der Waals surface area contributed by atoms with Gasteiger partial charge in [0.2, 0.25) is 0 Å². The lowest BCUT2D eigenvalue weighted by Gasteiger charge is -2.36. The van der Waals surface area contributed by atoms with Crippen LogP contribution in [0.15, 0.2) is 23.0 Å². The van der Waals surface area contributed by atoms with Crippen molar-refractivity contribution >= 4 is 5.91 Å². The molecule has 6 nitrogen and oxygen atoms in total. The highest BCUT2D eigenvalue weighted by atomic mass is 16.5. The van der Waals surface area contributed by atoms with Crippen molar-refractivity contribution in [2.45, 2.75) is 38.6 Å². The van der Waals surface area contributed by atoms with Gasteiger partial charge < -0.3 is 19.0 Å². The highest BCUT2D eigenvalue weighted by Gasteiger charge is 2.30. The zero-order valence-electron chi connectivity index (χ0n) is 16.9. The number of hydrogen-bond acceptors (Lipinski definition) is 5. The summed E-state index contributed by atoms with van der Waals surface area (Å²) in [6.07, 6.45) is 7.91. The summed E-state index contributed by atoms with van der Waals surface area (Å²) in [6.45, 7) is 10.1. The van der Waals surface area contributed by atoms with E-state index in [1.807, 2.05) is 0 Å². The van der Waals surface area contributed by atoms with Gasteiger partial charge in [0.1, 0.15) is 6.26 Å². The van der Waals surface area contributed by atoms with E-state index in [1.54, 1.807) is 25.7 Å². The third kappa shape index (κ3) is 5.56. The molecular weight excluding hydrogens is 342 g/mol. The molecular formula is C21H35N3O3. The maximum atomic E-state index is 13.1. The number of likely N-dealkylation sites (N-methyl/N-ethyl adjacent to an activating group) is 1. The van der Waals surface area contributed by atoms with E-state index in [2.05, 4.69) is 21.6 Å². The Bertz CT molecular complexity index is 555. The largest absolute Gasteiger partial charge is 0.472 e. The average Bonchev–Trinajstić information content (AvgIpc) is 3.38. The topological polar surface area (TPSA) is 49.2 Å². The van der Waals surface area contributed by atoms with E-state index >= 15 is 0 Å². The van der Waals surface area contributed by atoms with Crippen LogP contribution in [0, 0.1) is 5.92 Å². The van der Waals surface area contributed by atoms with Gasteiger partial charge in [-0.1, -0.05) is 6.92 Å². The molecule has 0 spiro atoms. The summed E-state index contributed by atoms with van der Waals surface area (Å²) < 4.78 is 10.4. The van der Waals surface area contributed by atoms with Crippen LogP contribution in [-0.2, 0) is 4.74 Å². The van der Waals surface area contributed by atoms with Gasteiger partial charge >= 0.3 is 0 Å². The van der Waals surface area contributed by atoms with Crippen LogP contribution < -0.4 is 0 Å². The summed E-state index contributed by atoms with van der Waals surface area (Å²) in [6, 6.07) is 2.28. The first kappa shape index (κ1) is 20.4. The van der Waals surface area contributed by atoms with E-state index in [9.17, 15) is 4.79 Å². The fraction of sp³-hybridized carbons (Fsp3) is 0.762. The second-order valence-electron chi connectivity index (χ2n) is 7.92. The maximum absolute atomic E-state index is 13.1. The van der Waals surface area contributed by atoms with Crippen LogP contribution in [0.3, 0.4) is 0 Å². The van der Waals surface area contributed by atoms with Crippen molar-refractivity contribution in [3.63, 3.8) is 0 Å². The molecule has 0 N–H and O–H groups in total. The lowest BCUT2D eigenvalue weighted by atomic mass is 9.95. The molecule has 0 aliphatic carbocycles. The highest BCUT2D eigenvalue weighted by Crippen LogP contribution is 2.23. The Morgan fingerprint density at radius 1 is 1.26 bits per heavy atom. The monoisotopic (exact) mass is 377 g/mol. The van der Waals surface area contributed by atoms with E-state index in [0.29, 0.717) is 17.5 Å². The summed E-state index contributed by atoms with van der Waals surface area (Å²) in [4.78, 5) is 20.2. The van der Waals surface area contributed by atoms with Crippen LogP contribution in [0.5, 0.6) is 0 Å². The second-order valence-corrected chi connectivity index (χ2v) is 7.92. The van der Waals surface area contributed by atoms with Gasteiger partial charge in [0.15, 0.2) is 0 Å². The summed E-state index contributed by atoms with van der Waals surface area (Å²) in [5.74, 6) is 0.699. The predicted octanol–water partition coefficient (Wildman–Crippen LogP) is 2.56. The molecule has 3 rings (SSSR count). The first-order chi connectivity index (χ1) is 13.2. The van der Waals surface area contributed by atoms with Gasteiger partial charge in [0, 0.05) is 32.8 Å². The van der Waals surface area contributed by atoms with Crippen molar-refractivity contribution in [3.8, 4) is 0 Å². The minimum atomic E-state index is 0.119. The molecule has 0 radical (unpaired) electrons. The Hall–Kier alpha value is -1.37. The molecule has 0 saturated carbocycles. The Kier molecular flexibility index (Phi) is 7.73. The molecule has 2 aliphatic rings. The minimum Gasteiger partial charge on any atom is -0.472 e. The molecule has 2 aliphatic heterocycles. The van der Waals surface area contributed by atoms with E-state index in [4.69, 9.17) is 9.15 Å². The maximum Gasteiger partial charge on any atom is 0.257 e. The number of carbonyl (C=O) groups excluding carboxylic acids is 1.